The van der Waals surface area contributed by atoms with Gasteiger partial charge in [-0.1, -0.05) is 24.1 Å². The van der Waals surface area contributed by atoms with E-state index in [1.807, 2.05) is 45.2 Å². The Morgan fingerprint density at radius 3 is 2.82 bits per heavy atom. The number of nitrogens with one attached hydrogen (secondary N) is 3. The van der Waals surface area contributed by atoms with Crippen molar-refractivity contribution in [2.24, 2.45) is 4.99 Å². The van der Waals surface area contributed by atoms with E-state index in [1.165, 1.54) is 0 Å². The van der Waals surface area contributed by atoms with E-state index in [4.69, 9.17) is 0 Å². The smallest absolute Gasteiger partial charge is 0.150 e. The lowest BCUT2D eigenvalue weighted by Gasteiger charge is -2.31. The Balaban J connectivity index is 1.57. The lowest BCUT2D eigenvalue weighted by molar-refractivity contribution is 0.541. The van der Waals surface area contributed by atoms with Crippen molar-refractivity contribution in [1.82, 2.24) is 19.9 Å². The number of aliphatic imine (C=N–C) groups is 1. The first-order chi connectivity index (χ1) is 16.1. The van der Waals surface area contributed by atoms with Crippen molar-refractivity contribution in [2.75, 3.05) is 42.3 Å². The summed E-state index contributed by atoms with van der Waals surface area (Å²) in [5.41, 5.74) is 5.10. The van der Waals surface area contributed by atoms with Crippen LogP contribution in [0.25, 0.3) is 10.9 Å². The number of nitrogens with zero attached hydrogens (tertiary/aromatic N) is 5. The molecule has 0 bridgehead atoms. The van der Waals surface area contributed by atoms with Gasteiger partial charge in [-0.3, -0.25) is 10.3 Å². The highest BCUT2D eigenvalue weighted by atomic mass is 15.3. The molecule has 172 valence electrons. The van der Waals surface area contributed by atoms with Gasteiger partial charge < -0.3 is 20.1 Å². The summed E-state index contributed by atoms with van der Waals surface area (Å²) in [7, 11) is 1.96. The molecule has 0 saturated carbocycles. The van der Waals surface area contributed by atoms with Gasteiger partial charge in [0.1, 0.15) is 18.1 Å². The molecule has 1 aliphatic rings. The fraction of sp³-hybridized carbons (Fsp3) is 0.400. The molecule has 3 aromatic rings. The number of para-hydroxylation sites is 1. The molecule has 33 heavy (non-hydrogen) atoms. The Morgan fingerprint density at radius 2 is 2.06 bits per heavy atom. The second-order valence-electron chi connectivity index (χ2n) is 8.05. The first-order valence-corrected chi connectivity index (χ1v) is 11.4. The highest BCUT2D eigenvalue weighted by Gasteiger charge is 2.24. The van der Waals surface area contributed by atoms with Crippen molar-refractivity contribution >= 4 is 34.4 Å². The molecule has 8 heteroatoms. The first kappa shape index (κ1) is 22.6. The zero-order valence-corrected chi connectivity index (χ0v) is 19.9. The molecule has 3 N–H and O–H groups in total. The van der Waals surface area contributed by atoms with Crippen LogP contribution in [0, 0.1) is 25.7 Å². The predicted octanol–water partition coefficient (Wildman–Crippen LogP) is 3.51. The summed E-state index contributed by atoms with van der Waals surface area (Å²) in [6.45, 7) is 9.95. The quantitative estimate of drug-likeness (QED) is 0.294. The fourth-order valence-electron chi connectivity index (χ4n) is 4.29. The SMILES string of the molecule is CC#CCn1c(C)c(NC=NCc2nc(C)c3ccccc3n2)c(NC)c1N1CCCNC1. The highest BCUT2D eigenvalue weighted by molar-refractivity contribution is 5.92. The van der Waals surface area contributed by atoms with Gasteiger partial charge in [0.05, 0.1) is 30.8 Å². The Hall–Kier alpha value is -3.57. The summed E-state index contributed by atoms with van der Waals surface area (Å²) in [5.74, 6) is 8.10. The normalized spacial score (nSPS) is 13.9. The summed E-state index contributed by atoms with van der Waals surface area (Å²) >= 11 is 0. The van der Waals surface area contributed by atoms with Gasteiger partial charge in [0.25, 0.3) is 0 Å². The van der Waals surface area contributed by atoms with Crippen LogP contribution in [0.15, 0.2) is 29.3 Å². The number of benzene rings is 1. The van der Waals surface area contributed by atoms with Crippen LogP contribution < -0.4 is 20.9 Å². The summed E-state index contributed by atoms with van der Waals surface area (Å²) in [4.78, 5) is 16.2. The van der Waals surface area contributed by atoms with E-state index in [9.17, 15) is 0 Å². The third kappa shape index (κ3) is 4.78. The average molecular weight is 445 g/mol. The molecule has 0 amide bonds. The van der Waals surface area contributed by atoms with Crippen molar-refractivity contribution in [1.29, 1.82) is 0 Å². The van der Waals surface area contributed by atoms with E-state index in [-0.39, 0.29) is 0 Å². The molecule has 3 heterocycles. The lowest BCUT2D eigenvalue weighted by atomic mass is 10.2. The van der Waals surface area contributed by atoms with Crippen LogP contribution >= 0.6 is 0 Å². The molecule has 0 radical (unpaired) electrons. The summed E-state index contributed by atoms with van der Waals surface area (Å²) in [5, 5.41) is 11.4. The molecular formula is C25H32N8. The van der Waals surface area contributed by atoms with E-state index >= 15 is 0 Å². The van der Waals surface area contributed by atoms with Crippen LogP contribution in [0.4, 0.5) is 17.2 Å². The van der Waals surface area contributed by atoms with Gasteiger partial charge in [0.2, 0.25) is 0 Å². The Kier molecular flexibility index (Phi) is 7.10. The average Bonchev–Trinajstić information content (AvgIpc) is 3.11. The number of aryl methyl sites for hydroxylation is 1. The molecule has 0 aliphatic carbocycles. The molecule has 8 nitrogen and oxygen atoms in total. The fourth-order valence-corrected chi connectivity index (χ4v) is 4.29. The van der Waals surface area contributed by atoms with Crippen molar-refractivity contribution in [2.45, 2.75) is 40.3 Å². The molecule has 1 saturated heterocycles. The molecular weight excluding hydrogens is 412 g/mol. The Bertz CT molecular complexity index is 1210. The minimum absolute atomic E-state index is 0.414. The Labute approximate surface area is 195 Å². The molecule has 1 fully saturated rings. The molecule has 0 spiro atoms. The lowest BCUT2D eigenvalue weighted by Crippen LogP contribution is -2.42. The second-order valence-corrected chi connectivity index (χ2v) is 8.05. The molecule has 0 unspecified atom stereocenters. The van der Waals surface area contributed by atoms with Crippen LogP contribution in [0.5, 0.6) is 0 Å². The number of hydrogen-bond acceptors (Lipinski definition) is 6. The first-order valence-electron chi connectivity index (χ1n) is 11.4. The minimum Gasteiger partial charge on any atom is -0.383 e. The summed E-state index contributed by atoms with van der Waals surface area (Å²) in [6, 6.07) is 8.06. The standard InChI is InChI=1S/C25H32N8/c1-5-6-14-33-19(3)23(24(26-4)25(33)32-13-9-12-27-17-32)29-16-28-15-22-30-18(2)20-10-7-8-11-21(20)31-22/h7-8,10-11,16,26-27H,9,12-15,17H2,1-4H3,(H,28,29). The number of fused-ring (bicyclic) bond motifs is 1. The predicted molar refractivity (Wildman–Crippen MR) is 137 cm³/mol. The van der Waals surface area contributed by atoms with Crippen molar-refractivity contribution in [3.8, 4) is 11.8 Å². The third-order valence-corrected chi connectivity index (χ3v) is 5.92. The Morgan fingerprint density at radius 1 is 1.21 bits per heavy atom. The molecule has 0 atom stereocenters. The maximum absolute atomic E-state index is 4.65. The van der Waals surface area contributed by atoms with E-state index in [1.54, 1.807) is 6.34 Å². The molecule has 1 aliphatic heterocycles. The van der Waals surface area contributed by atoms with E-state index in [0.29, 0.717) is 18.9 Å². The van der Waals surface area contributed by atoms with Crippen LogP contribution in [0.2, 0.25) is 0 Å². The van der Waals surface area contributed by atoms with E-state index in [0.717, 1.165) is 65.7 Å². The largest absolute Gasteiger partial charge is 0.383 e. The molecule has 1 aromatic carbocycles. The van der Waals surface area contributed by atoms with Gasteiger partial charge in [-0.2, -0.15) is 0 Å². The summed E-state index contributed by atoms with van der Waals surface area (Å²) in [6.07, 6.45) is 2.85. The number of hydrogen-bond donors (Lipinski definition) is 3. The van der Waals surface area contributed by atoms with Gasteiger partial charge in [0.15, 0.2) is 5.82 Å². The van der Waals surface area contributed by atoms with E-state index < -0.39 is 0 Å². The van der Waals surface area contributed by atoms with Crippen LogP contribution in [0.1, 0.15) is 30.6 Å². The zero-order chi connectivity index (χ0) is 23.2. The topological polar surface area (TPSA) is 82.4 Å². The van der Waals surface area contributed by atoms with Crippen molar-refractivity contribution in [3.05, 3.63) is 41.5 Å². The van der Waals surface area contributed by atoms with Gasteiger partial charge >= 0.3 is 0 Å². The third-order valence-electron chi connectivity index (χ3n) is 5.92. The van der Waals surface area contributed by atoms with Crippen molar-refractivity contribution < 1.29 is 0 Å². The van der Waals surface area contributed by atoms with Crippen LogP contribution in [0.3, 0.4) is 0 Å². The van der Waals surface area contributed by atoms with E-state index in [2.05, 4.69) is 59.1 Å². The van der Waals surface area contributed by atoms with Gasteiger partial charge in [0, 0.05) is 30.4 Å². The molecule has 2 aromatic heterocycles. The maximum Gasteiger partial charge on any atom is 0.150 e. The zero-order valence-electron chi connectivity index (χ0n) is 19.9. The maximum atomic E-state index is 4.65. The van der Waals surface area contributed by atoms with Crippen LogP contribution in [-0.2, 0) is 13.1 Å². The van der Waals surface area contributed by atoms with Crippen LogP contribution in [-0.4, -0.2) is 47.7 Å². The summed E-state index contributed by atoms with van der Waals surface area (Å²) < 4.78 is 2.27. The second kappa shape index (κ2) is 10.4. The van der Waals surface area contributed by atoms with Gasteiger partial charge in [-0.25, -0.2) is 9.97 Å². The van der Waals surface area contributed by atoms with Gasteiger partial charge in [-0.05, 0) is 39.8 Å². The van der Waals surface area contributed by atoms with Gasteiger partial charge in [-0.15, -0.1) is 5.92 Å². The number of anilines is 3. The monoisotopic (exact) mass is 444 g/mol. The molecule has 4 rings (SSSR count). The highest BCUT2D eigenvalue weighted by Crippen LogP contribution is 2.39. The minimum atomic E-state index is 0.414. The van der Waals surface area contributed by atoms with Crippen molar-refractivity contribution in [3.63, 3.8) is 0 Å². The number of aromatic nitrogens is 3. The number of rotatable bonds is 7.